The van der Waals surface area contributed by atoms with Gasteiger partial charge in [0.1, 0.15) is 0 Å². The second kappa shape index (κ2) is 7.02. The van der Waals surface area contributed by atoms with Crippen LogP contribution in [0.4, 0.5) is 0 Å². The van der Waals surface area contributed by atoms with Gasteiger partial charge < -0.3 is 0 Å². The van der Waals surface area contributed by atoms with Gasteiger partial charge in [-0.25, -0.2) is 0 Å². The Hall–Kier alpha value is -1.34. The van der Waals surface area contributed by atoms with E-state index in [9.17, 15) is 0 Å². The lowest BCUT2D eigenvalue weighted by Crippen LogP contribution is -2.24. The Morgan fingerprint density at radius 3 is 2.56 bits per heavy atom. The summed E-state index contributed by atoms with van der Waals surface area (Å²) in [4.78, 5) is 2.39. The zero-order valence-corrected chi connectivity index (χ0v) is 10.2. The summed E-state index contributed by atoms with van der Waals surface area (Å²) in [5, 5.41) is 0. The van der Waals surface area contributed by atoms with Gasteiger partial charge in [0.2, 0.25) is 0 Å². The Labute approximate surface area is 99.1 Å². The topological polar surface area (TPSA) is 3.24 Å². The number of rotatable bonds is 7. The lowest BCUT2D eigenvalue weighted by atomic mass is 10.2. The Morgan fingerprint density at radius 2 is 2.00 bits per heavy atom. The predicted octanol–water partition coefficient (Wildman–Crippen LogP) is 3.64. The molecule has 1 aromatic carbocycles. The highest BCUT2D eigenvalue weighted by Crippen LogP contribution is 2.06. The molecule has 0 heterocycles. The molecule has 1 rings (SSSR count). The smallest absolute Gasteiger partial charge is 0.0237 e. The third-order valence-electron chi connectivity index (χ3n) is 2.49. The van der Waals surface area contributed by atoms with E-state index in [0.717, 1.165) is 26.1 Å². The summed E-state index contributed by atoms with van der Waals surface area (Å²) in [5.41, 5.74) is 2.59. The van der Waals surface area contributed by atoms with E-state index in [1.165, 1.54) is 11.1 Å². The molecule has 0 saturated heterocycles. The number of benzene rings is 1. The fourth-order valence-electron chi connectivity index (χ4n) is 1.61. The minimum Gasteiger partial charge on any atom is -0.295 e. The van der Waals surface area contributed by atoms with E-state index in [1.807, 2.05) is 6.08 Å². The van der Waals surface area contributed by atoms with Gasteiger partial charge in [0.25, 0.3) is 0 Å². The van der Waals surface area contributed by atoms with E-state index in [0.29, 0.717) is 0 Å². The lowest BCUT2D eigenvalue weighted by Gasteiger charge is -2.20. The first-order valence-corrected chi connectivity index (χ1v) is 5.74. The molecule has 0 saturated carbocycles. The summed E-state index contributed by atoms with van der Waals surface area (Å²) in [7, 11) is 0. The van der Waals surface area contributed by atoms with E-state index >= 15 is 0 Å². The molecular weight excluding hydrogens is 194 g/mol. The number of nitrogens with zero attached hydrogens (tertiary/aromatic N) is 1. The first-order chi connectivity index (χ1) is 7.72. The van der Waals surface area contributed by atoms with Gasteiger partial charge in [0.15, 0.2) is 0 Å². The van der Waals surface area contributed by atoms with E-state index in [2.05, 4.69) is 55.3 Å². The Morgan fingerprint density at radius 1 is 1.31 bits per heavy atom. The standard InChI is InChI=1S/C15H21N/c1-4-11-16(12-10-14(2)3)13-15-8-6-5-7-9-15/h4-9H,1-2,10-13H2,3H3. The highest BCUT2D eigenvalue weighted by atomic mass is 15.1. The average molecular weight is 215 g/mol. The minimum absolute atomic E-state index is 0.933. The highest BCUT2D eigenvalue weighted by molar-refractivity contribution is 5.14. The van der Waals surface area contributed by atoms with E-state index in [-0.39, 0.29) is 0 Å². The van der Waals surface area contributed by atoms with Crippen LogP contribution >= 0.6 is 0 Å². The third kappa shape index (κ3) is 4.94. The van der Waals surface area contributed by atoms with Crippen LogP contribution in [0.25, 0.3) is 0 Å². The molecule has 1 nitrogen and oxygen atoms in total. The number of hydrogen-bond acceptors (Lipinski definition) is 1. The molecule has 1 aromatic rings. The molecule has 86 valence electrons. The van der Waals surface area contributed by atoms with Crippen LogP contribution in [0.3, 0.4) is 0 Å². The number of hydrogen-bond donors (Lipinski definition) is 0. The van der Waals surface area contributed by atoms with Crippen molar-refractivity contribution >= 4 is 0 Å². The molecule has 0 bridgehead atoms. The maximum Gasteiger partial charge on any atom is 0.0237 e. The van der Waals surface area contributed by atoms with Crippen LogP contribution in [0.15, 0.2) is 55.1 Å². The maximum absolute atomic E-state index is 3.94. The van der Waals surface area contributed by atoms with Crippen molar-refractivity contribution < 1.29 is 0 Å². The monoisotopic (exact) mass is 215 g/mol. The molecular formula is C15H21N. The largest absolute Gasteiger partial charge is 0.295 e. The van der Waals surface area contributed by atoms with Crippen LogP contribution < -0.4 is 0 Å². The normalized spacial score (nSPS) is 10.4. The fraction of sp³-hybridized carbons (Fsp3) is 0.333. The van der Waals surface area contributed by atoms with Crippen molar-refractivity contribution in [3.63, 3.8) is 0 Å². The van der Waals surface area contributed by atoms with Crippen molar-refractivity contribution in [1.82, 2.24) is 4.90 Å². The Kier molecular flexibility index (Phi) is 5.58. The summed E-state index contributed by atoms with van der Waals surface area (Å²) < 4.78 is 0. The first kappa shape index (κ1) is 12.7. The summed E-state index contributed by atoms with van der Waals surface area (Å²) in [5.74, 6) is 0. The molecule has 0 N–H and O–H groups in total. The minimum atomic E-state index is 0.933. The molecule has 0 aliphatic heterocycles. The first-order valence-electron chi connectivity index (χ1n) is 5.74. The summed E-state index contributed by atoms with van der Waals surface area (Å²) in [6.07, 6.45) is 3.02. The highest BCUT2D eigenvalue weighted by Gasteiger charge is 2.03. The van der Waals surface area contributed by atoms with Crippen molar-refractivity contribution in [3.8, 4) is 0 Å². The van der Waals surface area contributed by atoms with Crippen molar-refractivity contribution in [2.45, 2.75) is 19.9 Å². The van der Waals surface area contributed by atoms with Gasteiger partial charge in [-0.15, -0.1) is 13.2 Å². The zero-order valence-electron chi connectivity index (χ0n) is 10.2. The zero-order chi connectivity index (χ0) is 11.8. The molecule has 0 aliphatic carbocycles. The molecule has 0 atom stereocenters. The Balaban J connectivity index is 2.50. The molecule has 0 fully saturated rings. The van der Waals surface area contributed by atoms with Crippen molar-refractivity contribution in [3.05, 3.63) is 60.7 Å². The van der Waals surface area contributed by atoms with Crippen LogP contribution in [0.5, 0.6) is 0 Å². The molecule has 0 spiro atoms. The molecule has 0 aliphatic rings. The van der Waals surface area contributed by atoms with Crippen LogP contribution in [0, 0.1) is 0 Å². The second-order valence-electron chi connectivity index (χ2n) is 4.22. The molecule has 0 radical (unpaired) electrons. The van der Waals surface area contributed by atoms with Crippen LogP contribution in [0.1, 0.15) is 18.9 Å². The molecule has 0 unspecified atom stereocenters. The van der Waals surface area contributed by atoms with Crippen molar-refractivity contribution in [2.75, 3.05) is 13.1 Å². The summed E-state index contributed by atoms with van der Waals surface area (Å²) >= 11 is 0. The molecule has 1 heteroatoms. The van der Waals surface area contributed by atoms with Crippen LogP contribution in [-0.4, -0.2) is 18.0 Å². The predicted molar refractivity (Wildman–Crippen MR) is 71.3 cm³/mol. The van der Waals surface area contributed by atoms with Gasteiger partial charge in [-0.2, -0.15) is 0 Å². The van der Waals surface area contributed by atoms with Gasteiger partial charge in [-0.05, 0) is 18.9 Å². The van der Waals surface area contributed by atoms with Gasteiger partial charge in [-0.3, -0.25) is 4.90 Å². The van der Waals surface area contributed by atoms with E-state index < -0.39 is 0 Å². The molecule has 16 heavy (non-hydrogen) atoms. The van der Waals surface area contributed by atoms with E-state index in [4.69, 9.17) is 0 Å². The lowest BCUT2D eigenvalue weighted by molar-refractivity contribution is 0.298. The molecule has 0 amide bonds. The van der Waals surface area contributed by atoms with Crippen molar-refractivity contribution in [2.24, 2.45) is 0 Å². The van der Waals surface area contributed by atoms with Gasteiger partial charge in [0.05, 0.1) is 0 Å². The average Bonchev–Trinajstić information content (AvgIpc) is 2.27. The van der Waals surface area contributed by atoms with Crippen LogP contribution in [0.2, 0.25) is 0 Å². The quantitative estimate of drug-likeness (QED) is 0.628. The van der Waals surface area contributed by atoms with Gasteiger partial charge >= 0.3 is 0 Å². The van der Waals surface area contributed by atoms with Crippen LogP contribution in [-0.2, 0) is 6.54 Å². The third-order valence-corrected chi connectivity index (χ3v) is 2.49. The summed E-state index contributed by atoms with van der Waals surface area (Å²) in [6.45, 7) is 12.8. The van der Waals surface area contributed by atoms with E-state index in [1.54, 1.807) is 0 Å². The fourth-order valence-corrected chi connectivity index (χ4v) is 1.61. The Bertz CT molecular complexity index is 327. The molecule has 0 aromatic heterocycles. The van der Waals surface area contributed by atoms with Crippen molar-refractivity contribution in [1.29, 1.82) is 0 Å². The summed E-state index contributed by atoms with van der Waals surface area (Å²) in [6, 6.07) is 10.5. The van der Waals surface area contributed by atoms with Gasteiger partial charge in [0, 0.05) is 19.6 Å². The second-order valence-corrected chi connectivity index (χ2v) is 4.22. The maximum atomic E-state index is 3.94. The van der Waals surface area contributed by atoms with Gasteiger partial charge in [-0.1, -0.05) is 42.0 Å². The SMILES string of the molecule is C=CCN(CCC(=C)C)Cc1ccccc1.